The molecule has 0 saturated heterocycles. The molecule has 1 aliphatic heterocycles. The van der Waals surface area contributed by atoms with Crippen molar-refractivity contribution in [3.8, 4) is 5.75 Å². The summed E-state index contributed by atoms with van der Waals surface area (Å²) in [6.07, 6.45) is 1.16. The van der Waals surface area contributed by atoms with E-state index in [2.05, 4.69) is 68.4 Å². The van der Waals surface area contributed by atoms with Crippen LogP contribution >= 0.6 is 31.9 Å². The van der Waals surface area contributed by atoms with E-state index in [4.69, 9.17) is 4.74 Å². The second-order valence-electron chi connectivity index (χ2n) is 5.06. The number of nitrogens with one attached hydrogen (secondary N) is 1. The van der Waals surface area contributed by atoms with Gasteiger partial charge in [-0.05, 0) is 52.7 Å². The normalized spacial score (nSPS) is 16.6. The zero-order valence-electron chi connectivity index (χ0n) is 11.1. The van der Waals surface area contributed by atoms with Crippen LogP contribution in [0.2, 0.25) is 0 Å². The monoisotopic (exact) mass is 395 g/mol. The average Bonchev–Trinajstić information content (AvgIpc) is 2.81. The molecule has 1 N–H and O–H groups in total. The summed E-state index contributed by atoms with van der Waals surface area (Å²) in [5, 5.41) is 3.44. The summed E-state index contributed by atoms with van der Waals surface area (Å²) in [6.45, 7) is 2.91. The van der Waals surface area contributed by atoms with E-state index in [1.54, 1.807) is 0 Å². The molecule has 1 heterocycles. The Morgan fingerprint density at radius 3 is 2.90 bits per heavy atom. The van der Waals surface area contributed by atoms with Gasteiger partial charge in [-0.25, -0.2) is 0 Å². The maximum atomic E-state index is 5.96. The van der Waals surface area contributed by atoms with Crippen LogP contribution in [0.15, 0.2) is 45.3 Å². The van der Waals surface area contributed by atoms with Gasteiger partial charge in [0.1, 0.15) is 11.9 Å². The Labute approximate surface area is 135 Å². The van der Waals surface area contributed by atoms with Crippen LogP contribution < -0.4 is 10.1 Å². The molecule has 2 aromatic carbocycles. The number of hydrogen-bond acceptors (Lipinski definition) is 2. The first-order valence-corrected chi connectivity index (χ1v) is 8.15. The number of aryl methyl sites for hydroxylation is 1. The van der Waals surface area contributed by atoms with Crippen LogP contribution in [0.1, 0.15) is 11.1 Å². The van der Waals surface area contributed by atoms with Crippen LogP contribution in [0, 0.1) is 6.92 Å². The van der Waals surface area contributed by atoms with E-state index in [9.17, 15) is 0 Å². The standard InChI is InChI=1S/C16H15Br2NO/c1-10-2-5-16-11(6-10)7-13(20-16)9-19-15-8-12(17)3-4-14(15)18/h2-6,8,13,19H,7,9H2,1H3. The molecule has 20 heavy (non-hydrogen) atoms. The molecule has 0 bridgehead atoms. The summed E-state index contributed by atoms with van der Waals surface area (Å²) in [6, 6.07) is 12.5. The Bertz CT molecular complexity index is 642. The molecule has 1 aliphatic rings. The molecule has 0 aliphatic carbocycles. The maximum absolute atomic E-state index is 5.96. The largest absolute Gasteiger partial charge is 0.488 e. The fourth-order valence-electron chi connectivity index (χ4n) is 2.42. The van der Waals surface area contributed by atoms with Gasteiger partial charge in [0.05, 0.1) is 6.54 Å². The predicted octanol–water partition coefficient (Wildman–Crippen LogP) is 4.94. The van der Waals surface area contributed by atoms with E-state index in [1.165, 1.54) is 11.1 Å². The first-order chi connectivity index (χ1) is 9.61. The third-order valence-electron chi connectivity index (χ3n) is 3.41. The van der Waals surface area contributed by atoms with Crippen LogP contribution in [0.4, 0.5) is 5.69 Å². The highest BCUT2D eigenvalue weighted by Crippen LogP contribution is 2.31. The topological polar surface area (TPSA) is 21.3 Å². The molecule has 1 unspecified atom stereocenters. The summed E-state index contributed by atoms with van der Waals surface area (Å²) in [5.74, 6) is 1.02. The number of benzene rings is 2. The summed E-state index contributed by atoms with van der Waals surface area (Å²) in [7, 11) is 0. The van der Waals surface area contributed by atoms with Crippen molar-refractivity contribution in [1.82, 2.24) is 0 Å². The van der Waals surface area contributed by atoms with Gasteiger partial charge >= 0.3 is 0 Å². The highest BCUT2D eigenvalue weighted by Gasteiger charge is 2.22. The zero-order valence-corrected chi connectivity index (χ0v) is 14.3. The number of ether oxygens (including phenoxy) is 1. The lowest BCUT2D eigenvalue weighted by Crippen LogP contribution is -2.24. The molecular formula is C16H15Br2NO. The molecule has 2 aromatic rings. The Morgan fingerprint density at radius 2 is 2.05 bits per heavy atom. The van der Waals surface area contributed by atoms with E-state index in [0.717, 1.165) is 33.3 Å². The molecule has 0 fully saturated rings. The molecule has 0 amide bonds. The summed E-state index contributed by atoms with van der Waals surface area (Å²) < 4.78 is 8.09. The van der Waals surface area contributed by atoms with Crippen LogP contribution in [-0.4, -0.2) is 12.6 Å². The van der Waals surface area contributed by atoms with E-state index >= 15 is 0 Å². The van der Waals surface area contributed by atoms with E-state index in [0.29, 0.717) is 0 Å². The summed E-state index contributed by atoms with van der Waals surface area (Å²) in [5.41, 5.74) is 3.68. The number of fused-ring (bicyclic) bond motifs is 1. The minimum Gasteiger partial charge on any atom is -0.488 e. The van der Waals surface area contributed by atoms with Crippen LogP contribution in [0.25, 0.3) is 0 Å². The van der Waals surface area contributed by atoms with Crippen molar-refractivity contribution in [1.29, 1.82) is 0 Å². The number of halogens is 2. The van der Waals surface area contributed by atoms with E-state index in [-0.39, 0.29) is 6.10 Å². The Balaban J connectivity index is 1.65. The van der Waals surface area contributed by atoms with Gasteiger partial charge < -0.3 is 10.1 Å². The highest BCUT2D eigenvalue weighted by atomic mass is 79.9. The van der Waals surface area contributed by atoms with Gasteiger partial charge in [-0.15, -0.1) is 0 Å². The maximum Gasteiger partial charge on any atom is 0.123 e. The third-order valence-corrected chi connectivity index (χ3v) is 4.59. The van der Waals surface area contributed by atoms with Gasteiger partial charge in [0, 0.05) is 21.1 Å². The SMILES string of the molecule is Cc1ccc2c(c1)CC(CNc1cc(Br)ccc1Br)O2. The van der Waals surface area contributed by atoms with E-state index < -0.39 is 0 Å². The lowest BCUT2D eigenvalue weighted by molar-refractivity contribution is 0.246. The molecule has 3 rings (SSSR count). The Morgan fingerprint density at radius 1 is 1.20 bits per heavy atom. The summed E-state index contributed by atoms with van der Waals surface area (Å²) in [4.78, 5) is 0. The molecule has 104 valence electrons. The lowest BCUT2D eigenvalue weighted by atomic mass is 10.1. The molecule has 4 heteroatoms. The van der Waals surface area contributed by atoms with Gasteiger partial charge in [0.2, 0.25) is 0 Å². The van der Waals surface area contributed by atoms with Gasteiger partial charge in [-0.3, -0.25) is 0 Å². The first-order valence-electron chi connectivity index (χ1n) is 6.57. The molecule has 0 spiro atoms. The molecule has 1 atom stereocenters. The van der Waals surface area contributed by atoms with Gasteiger partial charge in [-0.2, -0.15) is 0 Å². The van der Waals surface area contributed by atoms with Crippen LogP contribution in [0.3, 0.4) is 0 Å². The fourth-order valence-corrected chi connectivity index (χ4v) is 3.17. The number of rotatable bonds is 3. The van der Waals surface area contributed by atoms with E-state index in [1.807, 2.05) is 12.1 Å². The van der Waals surface area contributed by atoms with Crippen molar-refractivity contribution in [3.05, 3.63) is 56.5 Å². The van der Waals surface area contributed by atoms with Crippen molar-refractivity contribution >= 4 is 37.5 Å². The predicted molar refractivity (Wildman–Crippen MR) is 89.6 cm³/mol. The fraction of sp³-hybridized carbons (Fsp3) is 0.250. The van der Waals surface area contributed by atoms with Crippen molar-refractivity contribution < 1.29 is 4.74 Å². The molecule has 0 radical (unpaired) electrons. The van der Waals surface area contributed by atoms with Crippen molar-refractivity contribution in [3.63, 3.8) is 0 Å². The highest BCUT2D eigenvalue weighted by molar-refractivity contribution is 9.11. The number of anilines is 1. The van der Waals surface area contributed by atoms with Crippen LogP contribution in [0.5, 0.6) is 5.75 Å². The molecule has 2 nitrogen and oxygen atoms in total. The van der Waals surface area contributed by atoms with Crippen molar-refractivity contribution in [2.75, 3.05) is 11.9 Å². The van der Waals surface area contributed by atoms with Crippen molar-refractivity contribution in [2.24, 2.45) is 0 Å². The average molecular weight is 397 g/mol. The minimum atomic E-state index is 0.192. The second kappa shape index (κ2) is 5.78. The molecule has 0 aromatic heterocycles. The minimum absolute atomic E-state index is 0.192. The summed E-state index contributed by atoms with van der Waals surface area (Å²) >= 11 is 7.04. The Kier molecular flexibility index (Phi) is 4.03. The molecular weight excluding hydrogens is 382 g/mol. The first kappa shape index (κ1) is 14.0. The van der Waals surface area contributed by atoms with Crippen molar-refractivity contribution in [2.45, 2.75) is 19.4 Å². The van der Waals surface area contributed by atoms with Gasteiger partial charge in [-0.1, -0.05) is 33.6 Å². The number of hydrogen-bond donors (Lipinski definition) is 1. The van der Waals surface area contributed by atoms with Crippen LogP contribution in [-0.2, 0) is 6.42 Å². The Hall–Kier alpha value is -1.000. The van der Waals surface area contributed by atoms with Gasteiger partial charge in [0.15, 0.2) is 0 Å². The third kappa shape index (κ3) is 3.01. The van der Waals surface area contributed by atoms with Gasteiger partial charge in [0.25, 0.3) is 0 Å². The lowest BCUT2D eigenvalue weighted by Gasteiger charge is -2.14. The quantitative estimate of drug-likeness (QED) is 0.793. The molecule has 0 saturated carbocycles. The smallest absolute Gasteiger partial charge is 0.123 e. The second-order valence-corrected chi connectivity index (χ2v) is 6.83. The zero-order chi connectivity index (χ0) is 14.1.